The molecule has 29 heavy (non-hydrogen) atoms. The predicted octanol–water partition coefficient (Wildman–Crippen LogP) is 3.73. The van der Waals surface area contributed by atoms with Crippen molar-refractivity contribution in [3.63, 3.8) is 0 Å². The number of rotatable bonds is 5. The van der Waals surface area contributed by atoms with Crippen LogP contribution in [-0.4, -0.2) is 37.8 Å². The molecule has 0 atom stereocenters. The quantitative estimate of drug-likeness (QED) is 0.485. The van der Waals surface area contributed by atoms with Gasteiger partial charge in [0, 0.05) is 10.9 Å². The molecule has 0 bridgehead atoms. The van der Waals surface area contributed by atoms with Gasteiger partial charge in [-0.05, 0) is 37.6 Å². The number of hydrogen-bond acceptors (Lipinski definition) is 6. The first kappa shape index (κ1) is 18.7. The van der Waals surface area contributed by atoms with Crippen molar-refractivity contribution in [2.24, 2.45) is 0 Å². The zero-order valence-electron chi connectivity index (χ0n) is 16.6. The number of carbonyl (C=O) groups excluding carboxylic acids is 1. The second-order valence-electron chi connectivity index (χ2n) is 6.81. The van der Waals surface area contributed by atoms with Crippen LogP contribution in [0, 0.1) is 13.8 Å². The summed E-state index contributed by atoms with van der Waals surface area (Å²) in [5.74, 6) is 0.136. The number of aromatic nitrogens is 5. The third-order valence-corrected chi connectivity index (χ3v) is 4.76. The number of esters is 1. The lowest BCUT2D eigenvalue weighted by molar-refractivity contribution is 0.0523. The van der Waals surface area contributed by atoms with E-state index in [9.17, 15) is 4.79 Å². The first-order valence-electron chi connectivity index (χ1n) is 9.47. The molecule has 0 aliphatic carbocycles. The molecule has 0 fully saturated rings. The van der Waals surface area contributed by atoms with Crippen LogP contribution in [0.1, 0.15) is 34.1 Å². The molecule has 146 valence electrons. The van der Waals surface area contributed by atoms with E-state index in [0.29, 0.717) is 23.7 Å². The molecule has 0 aliphatic rings. The highest BCUT2D eigenvalue weighted by molar-refractivity contribution is 5.98. The fraction of sp³-hybridized carbons (Fsp3) is 0.227. The zero-order valence-corrected chi connectivity index (χ0v) is 16.6. The van der Waals surface area contributed by atoms with Crippen molar-refractivity contribution in [1.82, 2.24) is 25.2 Å². The van der Waals surface area contributed by atoms with Crippen molar-refractivity contribution in [3.8, 4) is 11.4 Å². The van der Waals surface area contributed by atoms with Crippen LogP contribution in [0.3, 0.4) is 0 Å². The molecular formula is C22H21N5O2. The van der Waals surface area contributed by atoms with Gasteiger partial charge >= 0.3 is 5.97 Å². The van der Waals surface area contributed by atoms with Gasteiger partial charge in [-0.15, -0.1) is 10.2 Å². The summed E-state index contributed by atoms with van der Waals surface area (Å²) in [5, 5.41) is 13.7. The number of pyridine rings is 1. The third-order valence-electron chi connectivity index (χ3n) is 4.76. The van der Waals surface area contributed by atoms with E-state index in [4.69, 9.17) is 9.72 Å². The average Bonchev–Trinajstić information content (AvgIpc) is 3.17. The minimum Gasteiger partial charge on any atom is -0.462 e. The number of carbonyl (C=O) groups is 1. The van der Waals surface area contributed by atoms with E-state index in [-0.39, 0.29) is 6.54 Å². The third kappa shape index (κ3) is 3.71. The lowest BCUT2D eigenvalue weighted by Gasteiger charge is -2.13. The van der Waals surface area contributed by atoms with E-state index in [1.165, 1.54) is 4.80 Å². The van der Waals surface area contributed by atoms with Gasteiger partial charge in [-0.25, -0.2) is 9.78 Å². The van der Waals surface area contributed by atoms with E-state index < -0.39 is 5.97 Å². The molecule has 0 aliphatic heterocycles. The summed E-state index contributed by atoms with van der Waals surface area (Å²) >= 11 is 0. The molecule has 0 amide bonds. The highest BCUT2D eigenvalue weighted by Crippen LogP contribution is 2.24. The highest BCUT2D eigenvalue weighted by Gasteiger charge is 2.21. The van der Waals surface area contributed by atoms with E-state index in [1.807, 2.05) is 62.4 Å². The molecular weight excluding hydrogens is 366 g/mol. The molecule has 2 aromatic carbocycles. The summed E-state index contributed by atoms with van der Waals surface area (Å²) < 4.78 is 5.28. The largest absolute Gasteiger partial charge is 0.462 e. The van der Waals surface area contributed by atoms with Crippen molar-refractivity contribution in [2.75, 3.05) is 6.61 Å². The molecule has 0 unspecified atom stereocenters. The molecule has 7 heteroatoms. The Morgan fingerprint density at radius 2 is 1.83 bits per heavy atom. The lowest BCUT2D eigenvalue weighted by atomic mass is 10.0. The Morgan fingerprint density at radius 1 is 1.07 bits per heavy atom. The SMILES string of the molecule is CCOC(=O)c1c(Cn2nnc(-c3ccc(C)cc3)n2)nc2ccccc2c1C. The van der Waals surface area contributed by atoms with Crippen LogP contribution < -0.4 is 0 Å². The van der Waals surface area contributed by atoms with Gasteiger partial charge in [-0.2, -0.15) is 4.80 Å². The van der Waals surface area contributed by atoms with Crippen LogP contribution in [0.4, 0.5) is 0 Å². The van der Waals surface area contributed by atoms with E-state index >= 15 is 0 Å². The van der Waals surface area contributed by atoms with Crippen LogP contribution >= 0.6 is 0 Å². The van der Waals surface area contributed by atoms with Gasteiger partial charge in [-0.3, -0.25) is 0 Å². The molecule has 0 spiro atoms. The van der Waals surface area contributed by atoms with Gasteiger partial charge in [-0.1, -0.05) is 48.0 Å². The van der Waals surface area contributed by atoms with Gasteiger partial charge in [0.2, 0.25) is 5.82 Å². The van der Waals surface area contributed by atoms with Gasteiger partial charge in [0.25, 0.3) is 0 Å². The number of para-hydroxylation sites is 1. The van der Waals surface area contributed by atoms with Crippen molar-refractivity contribution in [3.05, 3.63) is 70.9 Å². The van der Waals surface area contributed by atoms with Gasteiger partial charge in [0.1, 0.15) is 6.54 Å². The molecule has 0 saturated carbocycles. The normalized spacial score (nSPS) is 11.0. The molecule has 0 radical (unpaired) electrons. The van der Waals surface area contributed by atoms with E-state index in [0.717, 1.165) is 27.6 Å². The topological polar surface area (TPSA) is 82.8 Å². The van der Waals surface area contributed by atoms with Crippen molar-refractivity contribution in [2.45, 2.75) is 27.3 Å². The Labute approximate surface area is 168 Å². The Balaban J connectivity index is 1.74. The molecule has 0 saturated heterocycles. The summed E-state index contributed by atoms with van der Waals surface area (Å²) in [4.78, 5) is 18.8. The minimum atomic E-state index is -0.392. The summed E-state index contributed by atoms with van der Waals surface area (Å²) in [6.45, 7) is 6.24. The summed E-state index contributed by atoms with van der Waals surface area (Å²) in [6.07, 6.45) is 0. The number of fused-ring (bicyclic) bond motifs is 1. The zero-order chi connectivity index (χ0) is 20.4. The maximum absolute atomic E-state index is 12.7. The molecule has 2 aromatic heterocycles. The number of tetrazole rings is 1. The first-order valence-corrected chi connectivity index (χ1v) is 9.47. The summed E-state index contributed by atoms with van der Waals surface area (Å²) in [6, 6.07) is 15.6. The second kappa shape index (κ2) is 7.79. The molecule has 7 nitrogen and oxygen atoms in total. The average molecular weight is 387 g/mol. The fourth-order valence-electron chi connectivity index (χ4n) is 3.29. The van der Waals surface area contributed by atoms with Crippen LogP contribution in [0.2, 0.25) is 0 Å². The Morgan fingerprint density at radius 3 is 2.59 bits per heavy atom. The molecule has 0 N–H and O–H groups in total. The van der Waals surface area contributed by atoms with Gasteiger partial charge < -0.3 is 4.74 Å². The predicted molar refractivity (Wildman–Crippen MR) is 110 cm³/mol. The monoisotopic (exact) mass is 387 g/mol. The minimum absolute atomic E-state index is 0.221. The lowest BCUT2D eigenvalue weighted by Crippen LogP contribution is -2.16. The van der Waals surface area contributed by atoms with E-state index in [1.54, 1.807) is 6.92 Å². The number of hydrogen-bond donors (Lipinski definition) is 0. The van der Waals surface area contributed by atoms with E-state index in [2.05, 4.69) is 15.4 Å². The number of aryl methyl sites for hydroxylation is 2. The smallest absolute Gasteiger partial charge is 0.340 e. The number of nitrogens with zero attached hydrogens (tertiary/aromatic N) is 5. The maximum atomic E-state index is 12.7. The fourth-order valence-corrected chi connectivity index (χ4v) is 3.29. The van der Waals surface area contributed by atoms with Crippen LogP contribution in [-0.2, 0) is 11.3 Å². The van der Waals surface area contributed by atoms with Gasteiger partial charge in [0.05, 0.1) is 23.4 Å². The summed E-state index contributed by atoms with van der Waals surface area (Å²) in [7, 11) is 0. The molecule has 4 rings (SSSR count). The van der Waals surface area contributed by atoms with Crippen LogP contribution in [0.15, 0.2) is 48.5 Å². The maximum Gasteiger partial charge on any atom is 0.340 e. The van der Waals surface area contributed by atoms with Crippen molar-refractivity contribution < 1.29 is 9.53 Å². The number of ether oxygens (including phenoxy) is 1. The van der Waals surface area contributed by atoms with Gasteiger partial charge in [0.15, 0.2) is 0 Å². The first-order chi connectivity index (χ1) is 14.1. The van der Waals surface area contributed by atoms with Crippen LogP contribution in [0.5, 0.6) is 0 Å². The Hall–Kier alpha value is -3.61. The molecule has 2 heterocycles. The second-order valence-corrected chi connectivity index (χ2v) is 6.81. The van der Waals surface area contributed by atoms with Crippen molar-refractivity contribution >= 4 is 16.9 Å². The highest BCUT2D eigenvalue weighted by atomic mass is 16.5. The van der Waals surface area contributed by atoms with Crippen molar-refractivity contribution in [1.29, 1.82) is 0 Å². The van der Waals surface area contributed by atoms with Crippen LogP contribution in [0.25, 0.3) is 22.3 Å². The number of benzene rings is 2. The molecule has 4 aromatic rings. The summed E-state index contributed by atoms with van der Waals surface area (Å²) in [5.41, 5.74) is 4.72. The standard InChI is InChI=1S/C22H21N5O2/c1-4-29-22(28)20-15(3)17-7-5-6-8-18(17)23-19(20)13-27-25-21(24-26-27)16-11-9-14(2)10-12-16/h5-12H,4,13H2,1-3H3. The Bertz CT molecular complexity index is 1180. The Kier molecular flexibility index (Phi) is 5.03.